The Hall–Kier alpha value is -1.17. The van der Waals surface area contributed by atoms with Gasteiger partial charge in [-0.2, -0.15) is 5.10 Å². The second kappa shape index (κ2) is 8.46. The zero-order chi connectivity index (χ0) is 15.9. The number of carbonyl (C=O) groups is 1. The third kappa shape index (κ3) is 5.55. The lowest BCUT2D eigenvalue weighted by molar-refractivity contribution is -0.118. The van der Waals surface area contributed by atoms with Crippen LogP contribution in [0.15, 0.2) is 41.6 Å². The van der Waals surface area contributed by atoms with Crippen molar-refractivity contribution in [2.24, 2.45) is 5.92 Å². The minimum atomic E-state index is -0.0200. The van der Waals surface area contributed by atoms with Gasteiger partial charge in [0.15, 0.2) is 0 Å². The van der Waals surface area contributed by atoms with E-state index in [2.05, 4.69) is 17.3 Å². The fraction of sp³-hybridized carbons (Fsp3) is 0.333. The van der Waals surface area contributed by atoms with Gasteiger partial charge < -0.3 is 5.32 Å². The molecule has 0 aliphatic carbocycles. The van der Waals surface area contributed by atoms with Crippen LogP contribution in [0.2, 0.25) is 10.0 Å². The van der Waals surface area contributed by atoms with Crippen LogP contribution in [0.25, 0.3) is 0 Å². The quantitative estimate of drug-likeness (QED) is 0.767. The average Bonchev–Trinajstić information content (AvgIpc) is 2.99. The summed E-state index contributed by atoms with van der Waals surface area (Å²) in [5.41, 5.74) is 0. The molecule has 1 aromatic carbocycles. The minimum absolute atomic E-state index is 0.0200. The van der Waals surface area contributed by atoms with E-state index in [0.29, 0.717) is 28.3 Å². The number of amides is 1. The molecule has 0 radical (unpaired) electrons. The lowest BCUT2D eigenvalue weighted by Crippen LogP contribution is -2.31. The molecule has 1 aromatic heterocycles. The van der Waals surface area contributed by atoms with Crippen LogP contribution in [0.5, 0.6) is 0 Å². The Labute approximate surface area is 144 Å². The monoisotopic (exact) mass is 357 g/mol. The fourth-order valence-electron chi connectivity index (χ4n) is 1.86. The maximum Gasteiger partial charge on any atom is 0.230 e. The van der Waals surface area contributed by atoms with E-state index in [1.165, 1.54) is 11.8 Å². The first kappa shape index (κ1) is 17.2. The molecule has 1 atom stereocenters. The van der Waals surface area contributed by atoms with Gasteiger partial charge in [0.05, 0.1) is 10.8 Å². The summed E-state index contributed by atoms with van der Waals surface area (Å²) in [6.45, 7) is 3.46. The van der Waals surface area contributed by atoms with E-state index in [1.807, 2.05) is 16.9 Å². The number of aromatic nitrogens is 2. The highest BCUT2D eigenvalue weighted by Gasteiger charge is 2.09. The molecule has 0 bridgehead atoms. The van der Waals surface area contributed by atoms with Gasteiger partial charge in [0, 0.05) is 35.4 Å². The van der Waals surface area contributed by atoms with Gasteiger partial charge in [0.2, 0.25) is 5.91 Å². The summed E-state index contributed by atoms with van der Waals surface area (Å²) in [4.78, 5) is 12.7. The Morgan fingerprint density at radius 3 is 3.00 bits per heavy atom. The van der Waals surface area contributed by atoms with E-state index in [4.69, 9.17) is 23.2 Å². The van der Waals surface area contributed by atoms with E-state index < -0.39 is 0 Å². The van der Waals surface area contributed by atoms with Crippen LogP contribution in [-0.2, 0) is 11.3 Å². The van der Waals surface area contributed by atoms with Crippen molar-refractivity contribution in [3.63, 3.8) is 0 Å². The molecule has 1 amide bonds. The van der Waals surface area contributed by atoms with Crippen molar-refractivity contribution in [1.82, 2.24) is 15.1 Å². The zero-order valence-corrected chi connectivity index (χ0v) is 14.5. The topological polar surface area (TPSA) is 46.9 Å². The molecule has 1 N–H and O–H groups in total. The predicted octanol–water partition coefficient (Wildman–Crippen LogP) is 3.73. The number of hydrogen-bond acceptors (Lipinski definition) is 3. The zero-order valence-electron chi connectivity index (χ0n) is 12.1. The Balaban J connectivity index is 1.72. The molecule has 2 rings (SSSR count). The molecule has 0 saturated carbocycles. The van der Waals surface area contributed by atoms with Crippen LogP contribution < -0.4 is 5.32 Å². The molecule has 2 aromatic rings. The summed E-state index contributed by atoms with van der Waals surface area (Å²) in [7, 11) is 0. The molecule has 0 spiro atoms. The van der Waals surface area contributed by atoms with Gasteiger partial charge in [0.1, 0.15) is 0 Å². The van der Waals surface area contributed by atoms with Crippen LogP contribution in [0.4, 0.5) is 0 Å². The number of halogens is 2. The van der Waals surface area contributed by atoms with Crippen LogP contribution in [0.3, 0.4) is 0 Å². The summed E-state index contributed by atoms with van der Waals surface area (Å²) in [5, 5.41) is 8.29. The average molecular weight is 358 g/mol. The molecule has 1 unspecified atom stereocenters. The van der Waals surface area contributed by atoms with Gasteiger partial charge in [-0.3, -0.25) is 9.48 Å². The Bertz CT molecular complexity index is 619. The number of nitrogens with one attached hydrogen (secondary N) is 1. The van der Waals surface area contributed by atoms with Crippen molar-refractivity contribution in [2.75, 3.05) is 12.3 Å². The SMILES string of the molecule is CC(CNC(=O)CSc1cc(Cl)ccc1Cl)Cn1cccn1. The van der Waals surface area contributed by atoms with Crippen molar-refractivity contribution >= 4 is 40.9 Å². The van der Waals surface area contributed by atoms with Crippen molar-refractivity contribution < 1.29 is 4.79 Å². The van der Waals surface area contributed by atoms with Gasteiger partial charge in [-0.1, -0.05) is 30.1 Å². The fourth-order valence-corrected chi connectivity index (χ4v) is 3.19. The number of hydrogen-bond donors (Lipinski definition) is 1. The van der Waals surface area contributed by atoms with Crippen LogP contribution in [-0.4, -0.2) is 28.0 Å². The summed E-state index contributed by atoms with van der Waals surface area (Å²) in [6.07, 6.45) is 3.66. The Kier molecular flexibility index (Phi) is 6.61. The van der Waals surface area contributed by atoms with Crippen molar-refractivity contribution in [3.05, 3.63) is 46.7 Å². The largest absolute Gasteiger partial charge is 0.355 e. The molecule has 0 fully saturated rings. The van der Waals surface area contributed by atoms with Crippen LogP contribution >= 0.6 is 35.0 Å². The molecule has 4 nitrogen and oxygen atoms in total. The maximum absolute atomic E-state index is 11.9. The Morgan fingerprint density at radius 2 is 2.27 bits per heavy atom. The highest BCUT2D eigenvalue weighted by atomic mass is 35.5. The first-order valence-corrected chi connectivity index (χ1v) is 8.60. The number of thioether (sulfide) groups is 1. The number of nitrogens with zero attached hydrogens (tertiary/aromatic N) is 2. The lowest BCUT2D eigenvalue weighted by Gasteiger charge is -2.13. The van der Waals surface area contributed by atoms with Crippen LogP contribution in [0, 0.1) is 5.92 Å². The molecular formula is C15H17Cl2N3OS. The van der Waals surface area contributed by atoms with E-state index in [9.17, 15) is 4.79 Å². The molecule has 0 aliphatic heterocycles. The predicted molar refractivity (Wildman–Crippen MR) is 91.6 cm³/mol. The highest BCUT2D eigenvalue weighted by molar-refractivity contribution is 8.00. The molecule has 0 aliphatic rings. The highest BCUT2D eigenvalue weighted by Crippen LogP contribution is 2.29. The number of benzene rings is 1. The van der Waals surface area contributed by atoms with Crippen molar-refractivity contribution in [3.8, 4) is 0 Å². The van der Waals surface area contributed by atoms with Gasteiger partial charge in [0.25, 0.3) is 0 Å². The standard InChI is InChI=1S/C15H17Cl2N3OS/c1-11(9-20-6-2-5-19-20)8-18-15(21)10-22-14-7-12(16)3-4-13(14)17/h2-7,11H,8-10H2,1H3,(H,18,21). The maximum atomic E-state index is 11.9. The van der Waals surface area contributed by atoms with E-state index >= 15 is 0 Å². The Morgan fingerprint density at radius 1 is 1.45 bits per heavy atom. The minimum Gasteiger partial charge on any atom is -0.355 e. The normalized spacial score (nSPS) is 12.1. The molecule has 0 saturated heterocycles. The summed E-state index contributed by atoms with van der Waals surface area (Å²) in [6, 6.07) is 7.11. The van der Waals surface area contributed by atoms with E-state index in [0.717, 1.165) is 11.4 Å². The van der Waals surface area contributed by atoms with Gasteiger partial charge in [-0.25, -0.2) is 0 Å². The second-order valence-electron chi connectivity index (χ2n) is 5.00. The number of carbonyl (C=O) groups excluding carboxylic acids is 1. The summed E-state index contributed by atoms with van der Waals surface area (Å²) in [5.74, 6) is 0.603. The van der Waals surface area contributed by atoms with Crippen molar-refractivity contribution in [2.45, 2.75) is 18.4 Å². The first-order chi connectivity index (χ1) is 10.5. The third-order valence-corrected chi connectivity index (χ3v) is 4.69. The molecule has 22 heavy (non-hydrogen) atoms. The van der Waals surface area contributed by atoms with E-state index in [-0.39, 0.29) is 5.91 Å². The summed E-state index contributed by atoms with van der Waals surface area (Å²) >= 11 is 13.4. The smallest absolute Gasteiger partial charge is 0.230 e. The number of rotatable bonds is 7. The van der Waals surface area contributed by atoms with Gasteiger partial charge in [-0.15, -0.1) is 11.8 Å². The van der Waals surface area contributed by atoms with E-state index in [1.54, 1.807) is 24.4 Å². The lowest BCUT2D eigenvalue weighted by atomic mass is 10.2. The third-order valence-electron chi connectivity index (χ3n) is 2.96. The summed E-state index contributed by atoms with van der Waals surface area (Å²) < 4.78 is 1.86. The van der Waals surface area contributed by atoms with Gasteiger partial charge in [-0.05, 0) is 30.2 Å². The van der Waals surface area contributed by atoms with Gasteiger partial charge >= 0.3 is 0 Å². The molecule has 1 heterocycles. The molecular weight excluding hydrogens is 341 g/mol. The first-order valence-electron chi connectivity index (χ1n) is 6.86. The second-order valence-corrected chi connectivity index (χ2v) is 6.86. The molecule has 7 heteroatoms. The van der Waals surface area contributed by atoms with Crippen LogP contribution in [0.1, 0.15) is 6.92 Å². The molecule has 118 valence electrons. The van der Waals surface area contributed by atoms with Crippen molar-refractivity contribution in [1.29, 1.82) is 0 Å².